The molecular weight excluding hydrogens is 424 g/mol. The maximum atomic E-state index is 11.7. The number of aliphatic hydroxyl groups excluding tert-OH is 1. The molecule has 0 aliphatic heterocycles. The highest BCUT2D eigenvalue weighted by atomic mass is 16.5. The number of unbranched alkanes of at least 4 members (excludes halogenated alkanes) is 1. The Kier molecular flexibility index (Phi) is 8.36. The molecule has 34 heavy (non-hydrogen) atoms. The first-order valence-corrected chi connectivity index (χ1v) is 14.4. The molecule has 196 valence electrons. The predicted molar refractivity (Wildman–Crippen MR) is 137 cm³/mol. The van der Waals surface area contributed by atoms with Crippen molar-refractivity contribution in [2.24, 2.45) is 52.1 Å². The summed E-state index contributed by atoms with van der Waals surface area (Å²) in [5, 5.41) is 15.4. The maximum absolute atomic E-state index is 11.7. The molecule has 4 aliphatic rings. The number of ether oxygens (including phenoxy) is 1. The van der Waals surface area contributed by atoms with E-state index in [1.807, 2.05) is 0 Å². The summed E-state index contributed by atoms with van der Waals surface area (Å²) in [6.07, 6.45) is 13.5. The van der Waals surface area contributed by atoms with Gasteiger partial charge in [0.2, 0.25) is 0 Å². The zero-order valence-electron chi connectivity index (χ0n) is 22.4. The smallest absolute Gasteiger partial charge is 0.305 e. The Labute approximate surface area is 208 Å². The van der Waals surface area contributed by atoms with E-state index in [2.05, 4.69) is 26.1 Å². The van der Waals surface area contributed by atoms with Gasteiger partial charge in [0.1, 0.15) is 0 Å². The SMILES string of the molecule is COC(=O)CCC(C)[C@H]1CCC2C3C(CC[C@@]21C)[C@@]1(C)CC[C@H](NCCCCN)C[C@H]1C[C@H]3O. The van der Waals surface area contributed by atoms with Crippen molar-refractivity contribution < 1.29 is 14.6 Å². The number of carbonyl (C=O) groups excluding carboxylic acids is 1. The number of aliphatic hydroxyl groups is 1. The quantitative estimate of drug-likeness (QED) is 0.325. The first-order chi connectivity index (χ1) is 16.2. The van der Waals surface area contributed by atoms with E-state index in [4.69, 9.17) is 10.5 Å². The molecule has 0 radical (unpaired) electrons. The van der Waals surface area contributed by atoms with E-state index >= 15 is 0 Å². The average Bonchev–Trinajstić information content (AvgIpc) is 3.18. The molecule has 0 aromatic heterocycles. The van der Waals surface area contributed by atoms with Crippen molar-refractivity contribution in [3.63, 3.8) is 0 Å². The minimum Gasteiger partial charge on any atom is -0.469 e. The number of rotatable bonds is 9. The van der Waals surface area contributed by atoms with Gasteiger partial charge >= 0.3 is 5.97 Å². The molecule has 4 saturated carbocycles. The maximum Gasteiger partial charge on any atom is 0.305 e. The van der Waals surface area contributed by atoms with E-state index in [-0.39, 0.29) is 12.1 Å². The highest BCUT2D eigenvalue weighted by molar-refractivity contribution is 5.69. The molecule has 0 bridgehead atoms. The van der Waals surface area contributed by atoms with E-state index in [0.717, 1.165) is 32.4 Å². The van der Waals surface area contributed by atoms with Crippen LogP contribution >= 0.6 is 0 Å². The number of hydrogen-bond acceptors (Lipinski definition) is 5. The van der Waals surface area contributed by atoms with Gasteiger partial charge in [-0.2, -0.15) is 0 Å². The lowest BCUT2D eigenvalue weighted by Gasteiger charge is -2.62. The Bertz CT molecular complexity index is 701. The van der Waals surface area contributed by atoms with Crippen LogP contribution in [0.4, 0.5) is 0 Å². The van der Waals surface area contributed by atoms with E-state index < -0.39 is 0 Å². The van der Waals surface area contributed by atoms with Crippen LogP contribution in [0.25, 0.3) is 0 Å². The topological polar surface area (TPSA) is 84.6 Å². The Hall–Kier alpha value is -0.650. The van der Waals surface area contributed by atoms with Crippen molar-refractivity contribution >= 4 is 5.97 Å². The third kappa shape index (κ3) is 4.83. The van der Waals surface area contributed by atoms with Crippen LogP contribution in [-0.4, -0.2) is 43.4 Å². The molecule has 4 N–H and O–H groups in total. The van der Waals surface area contributed by atoms with Gasteiger partial charge in [0.05, 0.1) is 13.2 Å². The van der Waals surface area contributed by atoms with Gasteiger partial charge in [-0.15, -0.1) is 0 Å². The summed E-state index contributed by atoms with van der Waals surface area (Å²) in [6.45, 7) is 9.33. The number of methoxy groups -OCH3 is 1. The van der Waals surface area contributed by atoms with Crippen LogP contribution in [0, 0.1) is 46.3 Å². The molecule has 0 saturated heterocycles. The van der Waals surface area contributed by atoms with E-state index in [1.165, 1.54) is 58.5 Å². The fourth-order valence-electron chi connectivity index (χ4n) is 9.61. The van der Waals surface area contributed by atoms with Crippen LogP contribution in [0.15, 0.2) is 0 Å². The lowest BCUT2D eigenvalue weighted by molar-refractivity contribution is -0.167. The summed E-state index contributed by atoms with van der Waals surface area (Å²) in [5.41, 5.74) is 6.35. The Balaban J connectivity index is 1.42. The first-order valence-electron chi connectivity index (χ1n) is 14.4. The normalized spacial score (nSPS) is 44.6. The summed E-state index contributed by atoms with van der Waals surface area (Å²) >= 11 is 0. The molecule has 0 amide bonds. The Morgan fingerprint density at radius 3 is 2.56 bits per heavy atom. The predicted octanol–water partition coefficient (Wildman–Crippen LogP) is 4.90. The molecule has 5 heteroatoms. The van der Waals surface area contributed by atoms with Crippen molar-refractivity contribution in [1.29, 1.82) is 0 Å². The van der Waals surface area contributed by atoms with E-state index in [1.54, 1.807) is 0 Å². The zero-order valence-corrected chi connectivity index (χ0v) is 22.4. The molecule has 5 nitrogen and oxygen atoms in total. The second kappa shape index (κ2) is 10.8. The van der Waals surface area contributed by atoms with Crippen molar-refractivity contribution in [3.8, 4) is 0 Å². The molecular formula is C29H52N2O3. The fraction of sp³-hybridized carbons (Fsp3) is 0.966. The molecule has 0 heterocycles. The van der Waals surface area contributed by atoms with Crippen molar-refractivity contribution in [2.75, 3.05) is 20.2 Å². The van der Waals surface area contributed by atoms with Crippen LogP contribution in [-0.2, 0) is 9.53 Å². The average molecular weight is 477 g/mol. The molecule has 4 unspecified atom stereocenters. The standard InChI is InChI=1S/C29H52N2O3/c1-19(7-10-26(33)34-4)22-8-9-23-27-24(12-14-29(22,23)3)28(2)13-11-21(31-16-6-5-15-30)17-20(28)18-25(27)32/h19-25,27,31-32H,5-18,30H2,1-4H3/t19?,20-,21-,22+,23?,24?,25+,27?,28-,29+/m0/s1. The zero-order chi connectivity index (χ0) is 24.5. The lowest BCUT2D eigenvalue weighted by atomic mass is 9.43. The minimum atomic E-state index is -0.146. The molecule has 10 atom stereocenters. The van der Waals surface area contributed by atoms with Gasteiger partial charge in [0.25, 0.3) is 0 Å². The lowest BCUT2D eigenvalue weighted by Crippen LogP contribution is -2.59. The Morgan fingerprint density at radius 2 is 1.82 bits per heavy atom. The highest BCUT2D eigenvalue weighted by Gasteiger charge is 2.62. The summed E-state index contributed by atoms with van der Waals surface area (Å²) < 4.78 is 4.90. The van der Waals surface area contributed by atoms with Gasteiger partial charge in [-0.3, -0.25) is 4.79 Å². The minimum absolute atomic E-state index is 0.0820. The van der Waals surface area contributed by atoms with Crippen molar-refractivity contribution in [1.82, 2.24) is 5.32 Å². The van der Waals surface area contributed by atoms with Gasteiger partial charge in [-0.1, -0.05) is 20.8 Å². The number of nitrogens with two attached hydrogens (primary N) is 1. The largest absolute Gasteiger partial charge is 0.469 e. The summed E-state index contributed by atoms with van der Waals surface area (Å²) in [5.74, 6) is 3.53. The monoisotopic (exact) mass is 476 g/mol. The molecule has 4 rings (SSSR count). The first kappa shape index (κ1) is 26.4. The Morgan fingerprint density at radius 1 is 1.09 bits per heavy atom. The number of esters is 1. The van der Waals surface area contributed by atoms with Crippen LogP contribution in [0.3, 0.4) is 0 Å². The van der Waals surface area contributed by atoms with Gasteiger partial charge in [-0.05, 0) is 130 Å². The van der Waals surface area contributed by atoms with E-state index in [0.29, 0.717) is 58.8 Å². The van der Waals surface area contributed by atoms with Crippen LogP contribution in [0.1, 0.15) is 97.8 Å². The van der Waals surface area contributed by atoms with Crippen molar-refractivity contribution in [3.05, 3.63) is 0 Å². The van der Waals surface area contributed by atoms with Gasteiger partial charge in [0, 0.05) is 12.5 Å². The van der Waals surface area contributed by atoms with Crippen LogP contribution in [0.5, 0.6) is 0 Å². The van der Waals surface area contributed by atoms with Crippen LogP contribution < -0.4 is 11.1 Å². The van der Waals surface area contributed by atoms with Gasteiger partial charge in [-0.25, -0.2) is 0 Å². The van der Waals surface area contributed by atoms with Crippen molar-refractivity contribution in [2.45, 2.75) is 110 Å². The third-order valence-electron chi connectivity index (χ3n) is 11.5. The number of carbonyl (C=O) groups is 1. The molecule has 0 aromatic rings. The second-order valence-corrected chi connectivity index (χ2v) is 13.0. The third-order valence-corrected chi connectivity index (χ3v) is 11.5. The number of nitrogens with one attached hydrogen (secondary N) is 1. The molecule has 4 fully saturated rings. The molecule has 0 aromatic carbocycles. The second-order valence-electron chi connectivity index (χ2n) is 13.0. The summed E-state index contributed by atoms with van der Waals surface area (Å²) in [6, 6.07) is 0.611. The van der Waals surface area contributed by atoms with Gasteiger partial charge < -0.3 is 20.9 Å². The fourth-order valence-corrected chi connectivity index (χ4v) is 9.61. The number of fused-ring (bicyclic) bond motifs is 5. The molecule has 0 spiro atoms. The van der Waals surface area contributed by atoms with E-state index in [9.17, 15) is 9.90 Å². The summed E-state index contributed by atoms with van der Waals surface area (Å²) in [7, 11) is 1.49. The van der Waals surface area contributed by atoms with Gasteiger partial charge in [0.15, 0.2) is 0 Å². The highest BCUT2D eigenvalue weighted by Crippen LogP contribution is 2.68. The number of hydrogen-bond donors (Lipinski definition) is 3. The van der Waals surface area contributed by atoms with Crippen LogP contribution in [0.2, 0.25) is 0 Å². The molecule has 4 aliphatic carbocycles. The summed E-state index contributed by atoms with van der Waals surface area (Å²) in [4.78, 5) is 11.7.